The number of fused-ring (bicyclic) bond motifs is 3. The zero-order chi connectivity index (χ0) is 18.8. The molecule has 2 aliphatic rings. The van der Waals surface area contributed by atoms with Gasteiger partial charge in [-0.2, -0.15) is 5.10 Å². The molecule has 1 amide bonds. The van der Waals surface area contributed by atoms with E-state index < -0.39 is 0 Å². The number of nitrogens with one attached hydrogen (secondary N) is 2. The molecule has 0 radical (unpaired) electrons. The normalized spacial score (nSPS) is 24.4. The number of aliphatic imine (C=N–C) groups is 1. The number of carbonyl (C=O) groups excluding carboxylic acids is 1. The van der Waals surface area contributed by atoms with E-state index in [1.165, 1.54) is 25.7 Å². The van der Waals surface area contributed by atoms with Crippen molar-refractivity contribution < 1.29 is 4.79 Å². The first kappa shape index (κ1) is 17.8. The number of hydrogen-bond acceptors (Lipinski definition) is 4. The minimum absolute atomic E-state index is 0.0239. The van der Waals surface area contributed by atoms with Crippen molar-refractivity contribution in [3.05, 3.63) is 30.2 Å². The van der Waals surface area contributed by atoms with Crippen LogP contribution >= 0.6 is 0 Å². The molecule has 0 aliphatic heterocycles. The van der Waals surface area contributed by atoms with Gasteiger partial charge in [-0.15, -0.1) is 0 Å². The van der Waals surface area contributed by atoms with E-state index in [9.17, 15) is 4.79 Å². The van der Waals surface area contributed by atoms with E-state index in [4.69, 9.17) is 4.99 Å². The van der Waals surface area contributed by atoms with Crippen LogP contribution in [0.5, 0.6) is 0 Å². The van der Waals surface area contributed by atoms with Crippen molar-refractivity contribution >= 4 is 17.5 Å². The lowest BCUT2D eigenvalue weighted by Crippen LogP contribution is -2.48. The molecular weight excluding hydrogens is 342 g/mol. The number of aromatic nitrogens is 3. The maximum Gasteiger partial charge on any atom is 0.241 e. The molecule has 0 spiro atoms. The maximum absolute atomic E-state index is 12.0. The van der Waals surface area contributed by atoms with Gasteiger partial charge in [0.2, 0.25) is 5.91 Å². The van der Waals surface area contributed by atoms with Crippen molar-refractivity contribution in [3.8, 4) is 0 Å². The molecule has 0 saturated heterocycles. The Morgan fingerprint density at radius 2 is 2.19 bits per heavy atom. The molecule has 2 bridgehead atoms. The van der Waals surface area contributed by atoms with E-state index in [-0.39, 0.29) is 12.5 Å². The first-order valence-corrected chi connectivity index (χ1v) is 9.63. The molecule has 2 heterocycles. The molecule has 2 aliphatic carbocycles. The largest absolute Gasteiger partial charge is 0.353 e. The highest BCUT2D eigenvalue weighted by Gasteiger charge is 2.39. The quantitative estimate of drug-likeness (QED) is 0.607. The van der Waals surface area contributed by atoms with Crippen LogP contribution in [0.4, 0.5) is 0 Å². The van der Waals surface area contributed by atoms with Gasteiger partial charge < -0.3 is 15.5 Å². The second kappa shape index (κ2) is 7.54. The van der Waals surface area contributed by atoms with Crippen molar-refractivity contribution in [2.24, 2.45) is 16.8 Å². The Labute approximate surface area is 159 Å². The summed E-state index contributed by atoms with van der Waals surface area (Å²) in [7, 11) is 3.52. The predicted octanol–water partition coefficient (Wildman–Crippen LogP) is 1.04. The standard InChI is InChI=1S/C19H27N7O/c1-25(2)18(27)12-22-19(24-16-10-13-3-4-14(16)9-13)21-11-15-5-7-20-17-6-8-23-26(15)17/h5-8,13-14,16H,3-4,9-12H2,1-2H3,(H2,21,22,24). The molecule has 4 rings (SSSR count). The lowest BCUT2D eigenvalue weighted by molar-refractivity contribution is -0.127. The third kappa shape index (κ3) is 3.89. The molecular formula is C19H27N7O. The van der Waals surface area contributed by atoms with Gasteiger partial charge in [-0.3, -0.25) is 4.79 Å². The first-order valence-electron chi connectivity index (χ1n) is 9.63. The van der Waals surface area contributed by atoms with E-state index in [2.05, 4.69) is 20.7 Å². The van der Waals surface area contributed by atoms with Crippen LogP contribution < -0.4 is 10.6 Å². The van der Waals surface area contributed by atoms with Gasteiger partial charge in [-0.25, -0.2) is 14.5 Å². The van der Waals surface area contributed by atoms with Gasteiger partial charge in [0.15, 0.2) is 11.6 Å². The molecule has 2 aromatic rings. The average molecular weight is 369 g/mol. The van der Waals surface area contributed by atoms with Gasteiger partial charge in [0.1, 0.15) is 0 Å². The Morgan fingerprint density at radius 1 is 1.30 bits per heavy atom. The third-order valence-electron chi connectivity index (χ3n) is 5.73. The van der Waals surface area contributed by atoms with Crippen molar-refractivity contribution in [1.29, 1.82) is 0 Å². The average Bonchev–Trinajstić information content (AvgIpc) is 3.39. The topological polar surface area (TPSA) is 86.9 Å². The van der Waals surface area contributed by atoms with Crippen molar-refractivity contribution in [2.45, 2.75) is 38.3 Å². The Balaban J connectivity index is 1.48. The van der Waals surface area contributed by atoms with Gasteiger partial charge in [0.05, 0.1) is 25.0 Å². The molecule has 3 atom stereocenters. The van der Waals surface area contributed by atoms with Crippen LogP contribution in [-0.4, -0.2) is 58.0 Å². The molecule has 3 unspecified atom stereocenters. The van der Waals surface area contributed by atoms with Crippen LogP contribution in [-0.2, 0) is 11.3 Å². The molecule has 144 valence electrons. The van der Waals surface area contributed by atoms with Crippen LogP contribution in [0.3, 0.4) is 0 Å². The lowest BCUT2D eigenvalue weighted by atomic mass is 9.95. The first-order chi connectivity index (χ1) is 13.1. The Bertz CT molecular complexity index is 843. The van der Waals surface area contributed by atoms with E-state index in [1.807, 2.05) is 12.1 Å². The zero-order valence-electron chi connectivity index (χ0n) is 15.9. The summed E-state index contributed by atoms with van der Waals surface area (Å²) in [4.78, 5) is 22.6. The zero-order valence-corrected chi connectivity index (χ0v) is 15.9. The van der Waals surface area contributed by atoms with Gasteiger partial charge in [-0.1, -0.05) is 6.42 Å². The Morgan fingerprint density at radius 3 is 2.93 bits per heavy atom. The molecule has 27 heavy (non-hydrogen) atoms. The fourth-order valence-electron chi connectivity index (χ4n) is 4.23. The van der Waals surface area contributed by atoms with Crippen LogP contribution in [0.2, 0.25) is 0 Å². The van der Waals surface area contributed by atoms with Crippen LogP contribution in [0.25, 0.3) is 5.65 Å². The summed E-state index contributed by atoms with van der Waals surface area (Å²) in [6, 6.07) is 4.24. The number of rotatable bonds is 5. The number of amides is 1. The molecule has 8 nitrogen and oxygen atoms in total. The van der Waals surface area contributed by atoms with Crippen molar-refractivity contribution in [1.82, 2.24) is 30.1 Å². The highest BCUT2D eigenvalue weighted by Crippen LogP contribution is 2.44. The summed E-state index contributed by atoms with van der Waals surface area (Å²) in [6.45, 7) is 0.695. The fraction of sp³-hybridized carbons (Fsp3) is 0.579. The smallest absolute Gasteiger partial charge is 0.241 e. The predicted molar refractivity (Wildman–Crippen MR) is 103 cm³/mol. The second-order valence-corrected chi connectivity index (χ2v) is 7.77. The maximum atomic E-state index is 12.0. The van der Waals surface area contributed by atoms with Gasteiger partial charge in [0, 0.05) is 32.4 Å². The third-order valence-corrected chi connectivity index (χ3v) is 5.73. The molecule has 8 heteroatoms. The second-order valence-electron chi connectivity index (χ2n) is 7.77. The van der Waals surface area contributed by atoms with E-state index in [1.54, 1.807) is 35.9 Å². The highest BCUT2D eigenvalue weighted by atomic mass is 16.2. The van der Waals surface area contributed by atoms with Gasteiger partial charge in [0.25, 0.3) is 0 Å². The monoisotopic (exact) mass is 369 g/mol. The summed E-state index contributed by atoms with van der Waals surface area (Å²) in [6.07, 6.45) is 8.68. The molecule has 2 N–H and O–H groups in total. The molecule has 2 aromatic heterocycles. The van der Waals surface area contributed by atoms with E-state index >= 15 is 0 Å². The minimum Gasteiger partial charge on any atom is -0.353 e. The van der Waals surface area contributed by atoms with Crippen molar-refractivity contribution in [3.63, 3.8) is 0 Å². The number of guanidine groups is 1. The molecule has 0 aromatic carbocycles. The van der Waals surface area contributed by atoms with Crippen LogP contribution in [0.15, 0.2) is 29.5 Å². The summed E-state index contributed by atoms with van der Waals surface area (Å²) in [5, 5.41) is 11.1. The number of likely N-dealkylation sites (N-methyl/N-ethyl adjacent to an activating group) is 1. The number of carbonyl (C=O) groups is 1. The Kier molecular flexibility index (Phi) is 4.96. The van der Waals surface area contributed by atoms with Crippen LogP contribution in [0, 0.1) is 11.8 Å². The molecule has 2 saturated carbocycles. The summed E-state index contributed by atoms with van der Waals surface area (Å²) >= 11 is 0. The number of nitrogens with zero attached hydrogens (tertiary/aromatic N) is 5. The van der Waals surface area contributed by atoms with Gasteiger partial charge >= 0.3 is 0 Å². The fourth-order valence-corrected chi connectivity index (χ4v) is 4.23. The molecule has 2 fully saturated rings. The van der Waals surface area contributed by atoms with E-state index in [0.717, 1.165) is 23.2 Å². The highest BCUT2D eigenvalue weighted by molar-refractivity contribution is 5.86. The van der Waals surface area contributed by atoms with Crippen molar-refractivity contribution in [2.75, 3.05) is 20.6 Å². The summed E-state index contributed by atoms with van der Waals surface area (Å²) in [5.74, 6) is 2.29. The van der Waals surface area contributed by atoms with Gasteiger partial charge in [-0.05, 0) is 37.2 Å². The van der Waals surface area contributed by atoms with Crippen LogP contribution in [0.1, 0.15) is 31.4 Å². The van der Waals surface area contributed by atoms with E-state index in [0.29, 0.717) is 18.5 Å². The summed E-state index contributed by atoms with van der Waals surface area (Å²) < 4.78 is 1.80. The SMILES string of the molecule is CN(C)C(=O)CNC(=NCc1ccnc2ccnn12)NC1CC2CCC1C2. The minimum atomic E-state index is 0.0239. The lowest BCUT2D eigenvalue weighted by Gasteiger charge is -2.25. The number of hydrogen-bond donors (Lipinski definition) is 2. The Hall–Kier alpha value is -2.64. The summed E-state index contributed by atoms with van der Waals surface area (Å²) in [5.41, 5.74) is 1.76.